The third kappa shape index (κ3) is 4.61. The summed E-state index contributed by atoms with van der Waals surface area (Å²) in [5, 5.41) is 11.8. The number of nitrogens with one attached hydrogen (secondary N) is 1. The zero-order chi connectivity index (χ0) is 17.5. The van der Waals surface area contributed by atoms with Crippen LogP contribution in [0.2, 0.25) is 0 Å². The van der Waals surface area contributed by atoms with Gasteiger partial charge in [-0.1, -0.05) is 24.3 Å². The van der Waals surface area contributed by atoms with Gasteiger partial charge in [0.05, 0.1) is 29.0 Å². The van der Waals surface area contributed by atoms with E-state index in [9.17, 15) is 9.59 Å². The van der Waals surface area contributed by atoms with Crippen molar-refractivity contribution in [3.05, 3.63) is 65.2 Å². The molecule has 0 saturated carbocycles. The maximum absolute atomic E-state index is 12.5. The number of hydrogen-bond acceptors (Lipinski definition) is 4. The second-order valence-electron chi connectivity index (χ2n) is 5.18. The van der Waals surface area contributed by atoms with E-state index in [0.29, 0.717) is 16.0 Å². The lowest BCUT2D eigenvalue weighted by Crippen LogP contribution is -2.27. The van der Waals surface area contributed by atoms with Crippen LogP contribution in [0.1, 0.15) is 34.5 Å². The van der Waals surface area contributed by atoms with Gasteiger partial charge in [-0.2, -0.15) is 5.26 Å². The van der Waals surface area contributed by atoms with E-state index in [0.717, 1.165) is 5.56 Å². The minimum Gasteiger partial charge on any atom is -0.369 e. The fourth-order valence-corrected chi connectivity index (χ4v) is 2.92. The summed E-state index contributed by atoms with van der Waals surface area (Å²) in [5.74, 6) is -0.532. The van der Waals surface area contributed by atoms with Gasteiger partial charge in [-0.3, -0.25) is 9.59 Å². The first-order chi connectivity index (χ1) is 11.5. The molecule has 2 aromatic rings. The SMILES string of the molecule is CC(NC(=O)c1ccccc1SCC(N)=O)c1ccc(C#N)cc1. The summed E-state index contributed by atoms with van der Waals surface area (Å²) in [4.78, 5) is 24.2. The number of thioether (sulfide) groups is 1. The van der Waals surface area contributed by atoms with E-state index in [4.69, 9.17) is 11.0 Å². The number of carbonyl (C=O) groups is 2. The molecule has 0 radical (unpaired) electrons. The van der Waals surface area contributed by atoms with E-state index < -0.39 is 5.91 Å². The molecule has 122 valence electrons. The fraction of sp³-hybridized carbons (Fsp3) is 0.167. The molecule has 0 spiro atoms. The molecule has 1 unspecified atom stereocenters. The van der Waals surface area contributed by atoms with Gasteiger partial charge in [0.2, 0.25) is 5.91 Å². The second kappa shape index (κ2) is 8.18. The summed E-state index contributed by atoms with van der Waals surface area (Å²) in [6.45, 7) is 1.87. The van der Waals surface area contributed by atoms with Gasteiger partial charge in [0.1, 0.15) is 0 Å². The minimum atomic E-state index is -0.429. The zero-order valence-electron chi connectivity index (χ0n) is 13.2. The first-order valence-electron chi connectivity index (χ1n) is 7.32. The van der Waals surface area contributed by atoms with Crippen molar-refractivity contribution in [1.82, 2.24) is 5.32 Å². The maximum atomic E-state index is 12.5. The molecular weight excluding hydrogens is 322 g/mol. The molecule has 2 aromatic carbocycles. The number of primary amides is 1. The van der Waals surface area contributed by atoms with E-state index in [2.05, 4.69) is 11.4 Å². The molecule has 3 N–H and O–H groups in total. The summed E-state index contributed by atoms with van der Waals surface area (Å²) in [5.41, 5.74) is 7.15. The first kappa shape index (κ1) is 17.6. The maximum Gasteiger partial charge on any atom is 0.252 e. The van der Waals surface area contributed by atoms with Crippen LogP contribution in [0.15, 0.2) is 53.4 Å². The van der Waals surface area contributed by atoms with Crippen molar-refractivity contribution in [2.75, 3.05) is 5.75 Å². The monoisotopic (exact) mass is 339 g/mol. The Kier molecular flexibility index (Phi) is 5.99. The van der Waals surface area contributed by atoms with Gasteiger partial charge in [0.25, 0.3) is 5.91 Å². The van der Waals surface area contributed by atoms with Crippen molar-refractivity contribution in [3.8, 4) is 6.07 Å². The van der Waals surface area contributed by atoms with Crippen LogP contribution < -0.4 is 11.1 Å². The number of nitrogens with zero attached hydrogens (tertiary/aromatic N) is 1. The predicted molar refractivity (Wildman–Crippen MR) is 93.4 cm³/mol. The molecule has 5 nitrogen and oxygen atoms in total. The first-order valence-corrected chi connectivity index (χ1v) is 8.31. The standard InChI is InChI=1S/C18H17N3O2S/c1-12(14-8-6-13(10-19)7-9-14)21-18(23)15-4-2-3-5-16(15)24-11-17(20)22/h2-9,12H,11H2,1H3,(H2,20,22)(H,21,23). The number of benzene rings is 2. The van der Waals surface area contributed by atoms with Gasteiger partial charge in [0.15, 0.2) is 0 Å². The number of hydrogen-bond donors (Lipinski definition) is 2. The van der Waals surface area contributed by atoms with Crippen LogP contribution in [0.3, 0.4) is 0 Å². The Balaban J connectivity index is 2.11. The van der Waals surface area contributed by atoms with Gasteiger partial charge >= 0.3 is 0 Å². The molecule has 0 bridgehead atoms. The Hall–Kier alpha value is -2.78. The third-order valence-corrected chi connectivity index (χ3v) is 4.48. The van der Waals surface area contributed by atoms with Crippen LogP contribution in [0.25, 0.3) is 0 Å². The highest BCUT2D eigenvalue weighted by Crippen LogP contribution is 2.23. The average molecular weight is 339 g/mol. The van der Waals surface area contributed by atoms with Crippen molar-refractivity contribution in [2.45, 2.75) is 17.9 Å². The molecule has 1 atom stereocenters. The molecular formula is C18H17N3O2S. The Morgan fingerprint density at radius 1 is 1.21 bits per heavy atom. The lowest BCUT2D eigenvalue weighted by atomic mass is 10.1. The molecule has 0 aliphatic heterocycles. The van der Waals surface area contributed by atoms with Crippen molar-refractivity contribution in [3.63, 3.8) is 0 Å². The lowest BCUT2D eigenvalue weighted by Gasteiger charge is -2.16. The Morgan fingerprint density at radius 3 is 2.50 bits per heavy atom. The highest BCUT2D eigenvalue weighted by atomic mass is 32.2. The molecule has 0 aliphatic rings. The number of carbonyl (C=O) groups excluding carboxylic acids is 2. The summed E-state index contributed by atoms with van der Waals surface area (Å²) >= 11 is 1.24. The van der Waals surface area contributed by atoms with Gasteiger partial charge in [-0.05, 0) is 36.8 Å². The van der Waals surface area contributed by atoms with E-state index in [1.54, 1.807) is 30.3 Å². The van der Waals surface area contributed by atoms with Crippen LogP contribution >= 0.6 is 11.8 Å². The Labute approximate surface area is 144 Å². The van der Waals surface area contributed by atoms with E-state index in [-0.39, 0.29) is 17.7 Å². The number of amides is 2. The summed E-state index contributed by atoms with van der Waals surface area (Å²) in [6.07, 6.45) is 0. The van der Waals surface area contributed by atoms with Crippen LogP contribution in [0.4, 0.5) is 0 Å². The molecule has 0 aliphatic carbocycles. The third-order valence-electron chi connectivity index (χ3n) is 3.39. The van der Waals surface area contributed by atoms with Gasteiger partial charge in [-0.15, -0.1) is 11.8 Å². The van der Waals surface area contributed by atoms with Crippen molar-refractivity contribution in [1.29, 1.82) is 5.26 Å². The number of nitrogens with two attached hydrogens (primary N) is 1. The molecule has 0 heterocycles. The summed E-state index contributed by atoms with van der Waals surface area (Å²) in [7, 11) is 0. The molecule has 0 aromatic heterocycles. The van der Waals surface area contributed by atoms with Gasteiger partial charge in [-0.25, -0.2) is 0 Å². The molecule has 6 heteroatoms. The van der Waals surface area contributed by atoms with Crippen molar-refractivity contribution >= 4 is 23.6 Å². The van der Waals surface area contributed by atoms with Crippen LogP contribution in [-0.2, 0) is 4.79 Å². The Bertz CT molecular complexity index is 782. The number of nitriles is 1. The summed E-state index contributed by atoms with van der Waals surface area (Å²) in [6, 6.07) is 16.0. The second-order valence-corrected chi connectivity index (χ2v) is 6.20. The summed E-state index contributed by atoms with van der Waals surface area (Å²) < 4.78 is 0. The molecule has 2 rings (SSSR count). The van der Waals surface area contributed by atoms with Crippen LogP contribution in [-0.4, -0.2) is 17.6 Å². The van der Waals surface area contributed by atoms with Gasteiger partial charge in [0, 0.05) is 4.90 Å². The molecule has 0 saturated heterocycles. The van der Waals surface area contributed by atoms with Gasteiger partial charge < -0.3 is 11.1 Å². The zero-order valence-corrected chi connectivity index (χ0v) is 14.0. The normalized spacial score (nSPS) is 11.3. The molecule has 2 amide bonds. The highest BCUT2D eigenvalue weighted by molar-refractivity contribution is 8.00. The largest absolute Gasteiger partial charge is 0.369 e. The predicted octanol–water partition coefficient (Wildman–Crippen LogP) is 2.63. The highest BCUT2D eigenvalue weighted by Gasteiger charge is 2.15. The van der Waals surface area contributed by atoms with Crippen molar-refractivity contribution < 1.29 is 9.59 Å². The smallest absolute Gasteiger partial charge is 0.252 e. The number of rotatable bonds is 6. The average Bonchev–Trinajstić information content (AvgIpc) is 2.60. The lowest BCUT2D eigenvalue weighted by molar-refractivity contribution is -0.115. The molecule has 24 heavy (non-hydrogen) atoms. The van der Waals surface area contributed by atoms with Crippen LogP contribution in [0.5, 0.6) is 0 Å². The van der Waals surface area contributed by atoms with E-state index in [1.165, 1.54) is 11.8 Å². The van der Waals surface area contributed by atoms with Crippen LogP contribution in [0, 0.1) is 11.3 Å². The quantitative estimate of drug-likeness (QED) is 0.791. The Morgan fingerprint density at radius 2 is 1.88 bits per heavy atom. The van der Waals surface area contributed by atoms with E-state index in [1.807, 2.05) is 25.1 Å². The fourth-order valence-electron chi connectivity index (χ4n) is 2.13. The van der Waals surface area contributed by atoms with E-state index >= 15 is 0 Å². The topological polar surface area (TPSA) is 96.0 Å². The molecule has 0 fully saturated rings. The van der Waals surface area contributed by atoms with Crippen molar-refractivity contribution in [2.24, 2.45) is 5.73 Å². The minimum absolute atomic E-state index is 0.121.